The molecule has 0 bridgehead atoms. The highest BCUT2D eigenvalue weighted by Crippen LogP contribution is 2.22. The smallest absolute Gasteiger partial charge is 0.261 e. The number of benzene rings is 2. The second-order valence-electron chi connectivity index (χ2n) is 6.36. The Morgan fingerprint density at radius 2 is 1.93 bits per heavy atom. The summed E-state index contributed by atoms with van der Waals surface area (Å²) >= 11 is 3.44. The van der Waals surface area contributed by atoms with Crippen LogP contribution in [0.5, 0.6) is 11.5 Å². The van der Waals surface area contributed by atoms with Crippen molar-refractivity contribution in [2.45, 2.75) is 26.4 Å². The lowest BCUT2D eigenvalue weighted by Gasteiger charge is -2.28. The van der Waals surface area contributed by atoms with Gasteiger partial charge in [0.2, 0.25) is 5.91 Å². The van der Waals surface area contributed by atoms with Gasteiger partial charge in [-0.3, -0.25) is 9.59 Å². The largest absolute Gasteiger partial charge is 0.497 e. The van der Waals surface area contributed by atoms with Gasteiger partial charge in [-0.05, 0) is 55.3 Å². The lowest BCUT2D eigenvalue weighted by atomic mass is 10.1. The van der Waals surface area contributed by atoms with Crippen LogP contribution in [-0.2, 0) is 16.1 Å². The summed E-state index contributed by atoms with van der Waals surface area (Å²) in [5.41, 5.74) is 1.87. The molecule has 2 amide bonds. The second kappa shape index (κ2) is 10.1. The van der Waals surface area contributed by atoms with Crippen LogP contribution in [0.15, 0.2) is 46.9 Å². The Morgan fingerprint density at radius 3 is 2.57 bits per heavy atom. The van der Waals surface area contributed by atoms with E-state index in [9.17, 15) is 9.59 Å². The van der Waals surface area contributed by atoms with E-state index in [-0.39, 0.29) is 25.0 Å². The number of halogens is 1. The molecule has 2 rings (SSSR count). The molecule has 0 fully saturated rings. The van der Waals surface area contributed by atoms with Gasteiger partial charge in [0.25, 0.3) is 5.91 Å². The fraction of sp³-hybridized carbons (Fsp3) is 0.333. The number of aryl methyl sites for hydroxylation is 1. The van der Waals surface area contributed by atoms with Crippen LogP contribution in [0.25, 0.3) is 0 Å². The minimum absolute atomic E-state index is 0.160. The van der Waals surface area contributed by atoms with Crippen molar-refractivity contribution in [1.29, 1.82) is 0 Å². The van der Waals surface area contributed by atoms with Gasteiger partial charge in [0.05, 0.1) is 7.11 Å². The fourth-order valence-electron chi connectivity index (χ4n) is 2.69. The molecule has 0 saturated heterocycles. The first-order chi connectivity index (χ1) is 13.3. The molecule has 0 saturated carbocycles. The van der Waals surface area contributed by atoms with Gasteiger partial charge in [-0.1, -0.05) is 28.1 Å². The van der Waals surface area contributed by atoms with E-state index >= 15 is 0 Å². The van der Waals surface area contributed by atoms with Crippen molar-refractivity contribution in [2.75, 3.05) is 20.8 Å². The molecular weight excluding hydrogens is 424 g/mol. The Labute approximate surface area is 174 Å². The summed E-state index contributed by atoms with van der Waals surface area (Å²) in [4.78, 5) is 26.5. The normalized spacial score (nSPS) is 11.5. The number of amides is 2. The Bertz CT molecular complexity index is 841. The lowest BCUT2D eigenvalue weighted by molar-refractivity contribution is -0.142. The monoisotopic (exact) mass is 448 g/mol. The maximum atomic E-state index is 12.9. The van der Waals surface area contributed by atoms with Crippen molar-refractivity contribution in [3.05, 3.63) is 58.1 Å². The van der Waals surface area contributed by atoms with Gasteiger partial charge in [0.1, 0.15) is 17.5 Å². The molecule has 0 radical (unpaired) electrons. The number of likely N-dealkylation sites (N-methyl/N-ethyl adjacent to an activating group) is 1. The van der Waals surface area contributed by atoms with Crippen molar-refractivity contribution in [1.82, 2.24) is 10.2 Å². The first-order valence-electron chi connectivity index (χ1n) is 8.88. The van der Waals surface area contributed by atoms with Crippen LogP contribution in [0.4, 0.5) is 0 Å². The molecular formula is C21H25BrN2O4. The molecule has 150 valence electrons. The van der Waals surface area contributed by atoms with E-state index in [1.165, 1.54) is 4.90 Å². The van der Waals surface area contributed by atoms with Crippen LogP contribution in [0.3, 0.4) is 0 Å². The molecule has 0 spiro atoms. The van der Waals surface area contributed by atoms with Crippen molar-refractivity contribution in [2.24, 2.45) is 0 Å². The van der Waals surface area contributed by atoms with Crippen LogP contribution in [0.2, 0.25) is 0 Å². The molecule has 0 aliphatic carbocycles. The predicted octanol–water partition coefficient (Wildman–Crippen LogP) is 3.31. The quantitative estimate of drug-likeness (QED) is 0.672. The van der Waals surface area contributed by atoms with Gasteiger partial charge < -0.3 is 19.7 Å². The minimum atomic E-state index is -0.640. The molecule has 2 aromatic carbocycles. The molecule has 1 atom stereocenters. The number of rotatable bonds is 8. The molecule has 0 aliphatic heterocycles. The van der Waals surface area contributed by atoms with Crippen LogP contribution >= 0.6 is 15.9 Å². The SMILES string of the molecule is CNC(=O)[C@@H](C)N(Cc1cccc(OC)c1)C(=O)COc1ccc(Br)c(C)c1. The Kier molecular flexibility index (Phi) is 7.87. The lowest BCUT2D eigenvalue weighted by Crippen LogP contribution is -2.48. The minimum Gasteiger partial charge on any atom is -0.497 e. The van der Waals surface area contributed by atoms with Crippen LogP contribution in [0.1, 0.15) is 18.1 Å². The molecule has 2 aromatic rings. The average Bonchev–Trinajstić information content (AvgIpc) is 2.71. The summed E-state index contributed by atoms with van der Waals surface area (Å²) in [5, 5.41) is 2.59. The van der Waals surface area contributed by atoms with Crippen molar-refractivity contribution in [3.63, 3.8) is 0 Å². The number of nitrogens with zero attached hydrogens (tertiary/aromatic N) is 1. The second-order valence-corrected chi connectivity index (χ2v) is 7.22. The van der Waals surface area contributed by atoms with Gasteiger partial charge in [-0.25, -0.2) is 0 Å². The van der Waals surface area contributed by atoms with E-state index in [0.717, 1.165) is 15.6 Å². The van der Waals surface area contributed by atoms with Gasteiger partial charge in [0, 0.05) is 18.1 Å². The number of carbonyl (C=O) groups excluding carboxylic acids is 2. The third-order valence-electron chi connectivity index (χ3n) is 4.39. The van der Waals surface area contributed by atoms with E-state index in [1.54, 1.807) is 27.1 Å². The summed E-state index contributed by atoms with van der Waals surface area (Å²) in [6, 6.07) is 12.3. The van der Waals surface area contributed by atoms with E-state index in [0.29, 0.717) is 11.5 Å². The molecule has 0 unspecified atom stereocenters. The Morgan fingerprint density at radius 1 is 1.18 bits per heavy atom. The van der Waals surface area contributed by atoms with Gasteiger partial charge in [-0.2, -0.15) is 0 Å². The zero-order valence-corrected chi connectivity index (χ0v) is 18.1. The third kappa shape index (κ3) is 5.73. The standard InChI is InChI=1S/C21H25BrN2O4/c1-14-10-18(8-9-19(14)22)28-13-20(25)24(15(2)21(26)23-3)12-16-6-5-7-17(11-16)27-4/h5-11,15H,12-13H2,1-4H3,(H,23,26)/t15-/m1/s1. The number of ether oxygens (including phenoxy) is 2. The number of hydrogen-bond donors (Lipinski definition) is 1. The zero-order valence-electron chi connectivity index (χ0n) is 16.5. The molecule has 1 N–H and O–H groups in total. The Hall–Kier alpha value is -2.54. The molecule has 0 aliphatic rings. The summed E-state index contributed by atoms with van der Waals surface area (Å²) in [6.07, 6.45) is 0. The highest BCUT2D eigenvalue weighted by atomic mass is 79.9. The van der Waals surface area contributed by atoms with Gasteiger partial charge in [0.15, 0.2) is 6.61 Å². The van der Waals surface area contributed by atoms with Crippen molar-refractivity contribution >= 4 is 27.7 Å². The molecule has 6 nitrogen and oxygen atoms in total. The maximum Gasteiger partial charge on any atom is 0.261 e. The van der Waals surface area contributed by atoms with Crippen LogP contribution in [0, 0.1) is 6.92 Å². The highest BCUT2D eigenvalue weighted by molar-refractivity contribution is 9.10. The molecule has 7 heteroatoms. The predicted molar refractivity (Wildman–Crippen MR) is 111 cm³/mol. The van der Waals surface area contributed by atoms with E-state index in [2.05, 4.69) is 21.2 Å². The summed E-state index contributed by atoms with van der Waals surface area (Å²) in [7, 11) is 3.14. The molecule has 28 heavy (non-hydrogen) atoms. The number of nitrogens with one attached hydrogen (secondary N) is 1. The van der Waals surface area contributed by atoms with Crippen LogP contribution < -0.4 is 14.8 Å². The first kappa shape index (κ1) is 21.8. The number of methoxy groups -OCH3 is 1. The van der Waals surface area contributed by atoms with E-state index in [1.807, 2.05) is 43.3 Å². The molecule has 0 heterocycles. The van der Waals surface area contributed by atoms with Crippen LogP contribution in [-0.4, -0.2) is 43.5 Å². The topological polar surface area (TPSA) is 67.9 Å². The summed E-state index contributed by atoms with van der Waals surface area (Å²) in [6.45, 7) is 3.75. The average molecular weight is 449 g/mol. The van der Waals surface area contributed by atoms with E-state index < -0.39 is 6.04 Å². The third-order valence-corrected chi connectivity index (χ3v) is 5.28. The van der Waals surface area contributed by atoms with Crippen molar-refractivity contribution < 1.29 is 19.1 Å². The first-order valence-corrected chi connectivity index (χ1v) is 9.68. The number of hydrogen-bond acceptors (Lipinski definition) is 4. The van der Waals surface area contributed by atoms with E-state index in [4.69, 9.17) is 9.47 Å². The molecule has 0 aromatic heterocycles. The summed E-state index contributed by atoms with van der Waals surface area (Å²) in [5.74, 6) is 0.775. The zero-order chi connectivity index (χ0) is 20.7. The summed E-state index contributed by atoms with van der Waals surface area (Å²) < 4.78 is 11.9. The van der Waals surface area contributed by atoms with Gasteiger partial charge >= 0.3 is 0 Å². The van der Waals surface area contributed by atoms with Gasteiger partial charge in [-0.15, -0.1) is 0 Å². The van der Waals surface area contributed by atoms with Crippen molar-refractivity contribution in [3.8, 4) is 11.5 Å². The highest BCUT2D eigenvalue weighted by Gasteiger charge is 2.26. The number of carbonyl (C=O) groups is 2. The maximum absolute atomic E-state index is 12.9. The fourth-order valence-corrected chi connectivity index (χ4v) is 2.94. The Balaban J connectivity index is 2.15.